The number of hydrogen-bond acceptors (Lipinski definition) is 4. The summed E-state index contributed by atoms with van der Waals surface area (Å²) >= 11 is 3.77. The van der Waals surface area contributed by atoms with Crippen molar-refractivity contribution >= 4 is 70.1 Å². The Kier molecular flexibility index (Phi) is 5.71. The van der Waals surface area contributed by atoms with Gasteiger partial charge in [-0.05, 0) is 77.6 Å². The Morgan fingerprint density at radius 2 is 1.33 bits per heavy atom. The molecule has 0 radical (unpaired) electrons. The molecule has 0 fully saturated rings. The smallest absolute Gasteiger partial charge is 0.0912 e. The molecule has 0 spiro atoms. The van der Waals surface area contributed by atoms with Crippen molar-refractivity contribution in [3.05, 3.63) is 144 Å². The summed E-state index contributed by atoms with van der Waals surface area (Å²) in [5.41, 5.74) is 11.1. The fraction of sp³-hybridized carbons (Fsp3) is 0.0513. The van der Waals surface area contributed by atoms with E-state index in [1.807, 2.05) is 28.9 Å². The number of hydrogen-bond donors (Lipinski definition) is 0. The summed E-state index contributed by atoms with van der Waals surface area (Å²) in [5.74, 6) is 0. The molecule has 0 bridgehead atoms. The summed E-state index contributed by atoms with van der Waals surface area (Å²) in [4.78, 5) is 8.87. The first-order valence-electron chi connectivity index (χ1n) is 14.7. The van der Waals surface area contributed by atoms with Gasteiger partial charge in [-0.1, -0.05) is 84.9 Å². The average Bonchev–Trinajstić information content (AvgIpc) is 3.65. The minimum absolute atomic E-state index is 1.06. The maximum absolute atomic E-state index is 5.01. The Balaban J connectivity index is 1.27. The van der Waals surface area contributed by atoms with E-state index in [0.717, 1.165) is 29.7 Å². The Morgan fingerprint density at radius 1 is 0.581 bits per heavy atom. The molecule has 0 aliphatic heterocycles. The maximum Gasteiger partial charge on any atom is 0.0912 e. The van der Waals surface area contributed by atoms with Gasteiger partial charge in [0.05, 0.1) is 15.9 Å². The summed E-state index contributed by atoms with van der Waals surface area (Å²) in [6.45, 7) is 0. The van der Waals surface area contributed by atoms with Crippen LogP contribution in [0.15, 0.2) is 134 Å². The fourth-order valence-corrected chi connectivity index (χ4v) is 8.96. The first-order valence-corrected chi connectivity index (χ1v) is 16.3. The van der Waals surface area contributed by atoms with Gasteiger partial charge in [-0.15, -0.1) is 22.7 Å². The fourth-order valence-electron chi connectivity index (χ4n) is 6.60. The van der Waals surface area contributed by atoms with Gasteiger partial charge >= 0.3 is 0 Å². The highest BCUT2D eigenvalue weighted by atomic mass is 32.1. The molecule has 2 nitrogen and oxygen atoms in total. The number of benzene rings is 5. The summed E-state index contributed by atoms with van der Waals surface area (Å²) in [6, 6.07) is 46.3. The molecule has 9 rings (SSSR count). The van der Waals surface area contributed by atoms with E-state index in [-0.39, 0.29) is 0 Å². The van der Waals surface area contributed by atoms with E-state index in [4.69, 9.17) is 4.98 Å². The number of fused-ring (bicyclic) bond motifs is 8. The average molecular weight is 587 g/mol. The molecule has 0 N–H and O–H groups in total. The van der Waals surface area contributed by atoms with Gasteiger partial charge in [0.2, 0.25) is 0 Å². The van der Waals surface area contributed by atoms with Crippen LogP contribution in [0.1, 0.15) is 10.4 Å². The lowest BCUT2D eigenvalue weighted by Gasteiger charge is -2.26. The monoisotopic (exact) mass is 586 g/mol. The number of nitrogens with zero attached hydrogens (tertiary/aromatic N) is 2. The molecular weight excluding hydrogens is 561 g/mol. The van der Waals surface area contributed by atoms with Crippen LogP contribution in [0.3, 0.4) is 0 Å². The van der Waals surface area contributed by atoms with E-state index in [0.29, 0.717) is 0 Å². The maximum atomic E-state index is 5.01. The minimum atomic E-state index is 1.06. The largest absolute Gasteiger partial charge is 0.309 e. The standard InChI is InChI=1S/C39H26N2S2/c1-2-8-25(9-3-1)26-14-17-28(18-15-26)41(29-19-21-35-32(24-29)31-12-6-7-13-34(31)42-35)33-22-23-40-38-37-30-11-5-4-10-27(30)16-20-36(37)43-39(33)38/h1-15,17-19,21-24H,16,20H2. The van der Waals surface area contributed by atoms with Crippen molar-refractivity contribution in [2.45, 2.75) is 12.8 Å². The van der Waals surface area contributed by atoms with Crippen molar-refractivity contribution in [1.29, 1.82) is 0 Å². The zero-order valence-corrected chi connectivity index (χ0v) is 25.0. The van der Waals surface area contributed by atoms with E-state index in [1.54, 1.807) is 0 Å². The van der Waals surface area contributed by atoms with Crippen molar-refractivity contribution in [3.8, 4) is 22.3 Å². The zero-order valence-electron chi connectivity index (χ0n) is 23.3. The molecule has 43 heavy (non-hydrogen) atoms. The van der Waals surface area contributed by atoms with Gasteiger partial charge in [-0.3, -0.25) is 4.98 Å². The molecule has 0 atom stereocenters. The highest BCUT2D eigenvalue weighted by molar-refractivity contribution is 7.25. The number of rotatable bonds is 4. The Hall–Kier alpha value is -4.77. The van der Waals surface area contributed by atoms with Crippen LogP contribution in [0.4, 0.5) is 17.1 Å². The molecule has 3 heterocycles. The molecule has 204 valence electrons. The van der Waals surface area contributed by atoms with Gasteiger partial charge in [0, 0.05) is 48.2 Å². The second kappa shape index (κ2) is 9.91. The molecule has 1 aliphatic rings. The van der Waals surface area contributed by atoms with Crippen LogP contribution in [-0.4, -0.2) is 4.98 Å². The van der Waals surface area contributed by atoms with Gasteiger partial charge in [0.25, 0.3) is 0 Å². The summed E-state index contributed by atoms with van der Waals surface area (Å²) in [6.07, 6.45) is 4.13. The quantitative estimate of drug-likeness (QED) is 0.204. The lowest BCUT2D eigenvalue weighted by molar-refractivity contribution is 0.964. The van der Waals surface area contributed by atoms with Gasteiger partial charge in [-0.2, -0.15) is 0 Å². The first kappa shape index (κ1) is 24.8. The molecule has 8 aromatic rings. The lowest BCUT2D eigenvalue weighted by atomic mass is 9.90. The van der Waals surface area contributed by atoms with Crippen molar-refractivity contribution in [2.75, 3.05) is 4.90 Å². The molecule has 1 aliphatic carbocycles. The van der Waals surface area contributed by atoms with E-state index in [1.165, 1.54) is 63.3 Å². The summed E-state index contributed by atoms with van der Waals surface area (Å²) < 4.78 is 3.88. The van der Waals surface area contributed by atoms with Gasteiger partial charge in [0.15, 0.2) is 0 Å². The number of pyridine rings is 1. The second-order valence-corrected chi connectivity index (χ2v) is 13.3. The molecule has 4 heteroatoms. The third-order valence-electron chi connectivity index (χ3n) is 8.62. The number of anilines is 3. The van der Waals surface area contributed by atoms with Crippen LogP contribution in [0, 0.1) is 0 Å². The van der Waals surface area contributed by atoms with E-state index < -0.39 is 0 Å². The topological polar surface area (TPSA) is 16.1 Å². The Labute approximate surface area is 258 Å². The SMILES string of the molecule is c1ccc(-c2ccc(N(c3ccc4sc5ccccc5c4c3)c3ccnc4c5c(sc34)CCc3ccccc3-5)cc2)cc1. The van der Waals surface area contributed by atoms with Crippen LogP contribution in [0.2, 0.25) is 0 Å². The zero-order chi connectivity index (χ0) is 28.3. The predicted octanol–water partition coefficient (Wildman–Crippen LogP) is 11.6. The van der Waals surface area contributed by atoms with Crippen LogP contribution in [-0.2, 0) is 12.8 Å². The van der Waals surface area contributed by atoms with E-state index >= 15 is 0 Å². The van der Waals surface area contributed by atoms with E-state index in [9.17, 15) is 0 Å². The molecule has 0 unspecified atom stereocenters. The normalized spacial score (nSPS) is 12.5. The second-order valence-electron chi connectivity index (χ2n) is 11.1. The van der Waals surface area contributed by atoms with Crippen molar-refractivity contribution in [1.82, 2.24) is 4.98 Å². The number of aromatic nitrogens is 1. The number of aryl methyl sites for hydroxylation is 2. The van der Waals surface area contributed by atoms with Gasteiger partial charge in [-0.25, -0.2) is 0 Å². The molecule has 3 aromatic heterocycles. The Bertz CT molecular complexity index is 2290. The third kappa shape index (κ3) is 4.02. The third-order valence-corrected chi connectivity index (χ3v) is 11.0. The van der Waals surface area contributed by atoms with Gasteiger partial charge < -0.3 is 4.90 Å². The molecule has 0 amide bonds. The van der Waals surface area contributed by atoms with Crippen LogP contribution >= 0.6 is 22.7 Å². The lowest BCUT2D eigenvalue weighted by Crippen LogP contribution is -2.10. The molecule has 0 saturated heterocycles. The van der Waals surface area contributed by atoms with Crippen LogP contribution < -0.4 is 4.90 Å². The molecule has 5 aromatic carbocycles. The van der Waals surface area contributed by atoms with Crippen LogP contribution in [0.5, 0.6) is 0 Å². The van der Waals surface area contributed by atoms with Crippen LogP contribution in [0.25, 0.3) is 52.6 Å². The Morgan fingerprint density at radius 3 is 2.23 bits per heavy atom. The predicted molar refractivity (Wildman–Crippen MR) is 185 cm³/mol. The summed E-state index contributed by atoms with van der Waals surface area (Å²) in [7, 11) is 0. The highest BCUT2D eigenvalue weighted by Gasteiger charge is 2.25. The van der Waals surface area contributed by atoms with Crippen molar-refractivity contribution in [3.63, 3.8) is 0 Å². The molecular formula is C39H26N2S2. The van der Waals surface area contributed by atoms with Crippen molar-refractivity contribution < 1.29 is 0 Å². The first-order chi connectivity index (χ1) is 21.3. The van der Waals surface area contributed by atoms with E-state index in [2.05, 4.69) is 132 Å². The molecule has 0 saturated carbocycles. The summed E-state index contributed by atoms with van der Waals surface area (Å²) in [5, 5.41) is 2.61. The highest BCUT2D eigenvalue weighted by Crippen LogP contribution is 2.49. The van der Waals surface area contributed by atoms with Crippen molar-refractivity contribution in [2.24, 2.45) is 0 Å². The van der Waals surface area contributed by atoms with Gasteiger partial charge in [0.1, 0.15) is 0 Å². The minimum Gasteiger partial charge on any atom is -0.309 e. The number of thiophene rings is 2.